The quantitative estimate of drug-likeness (QED) is 0.878. The van der Waals surface area contributed by atoms with Crippen LogP contribution in [-0.4, -0.2) is 30.2 Å². The van der Waals surface area contributed by atoms with E-state index in [-0.39, 0.29) is 0 Å². The summed E-state index contributed by atoms with van der Waals surface area (Å²) in [5, 5.41) is 11.2. The molecule has 0 saturated carbocycles. The number of ether oxygens (including phenoxy) is 1. The Balaban J connectivity index is 1.76. The van der Waals surface area contributed by atoms with Gasteiger partial charge in [0, 0.05) is 17.6 Å². The number of piperidine rings is 1. The zero-order valence-corrected chi connectivity index (χ0v) is 14.9. The highest BCUT2D eigenvalue weighted by Gasteiger charge is 2.35. The Kier molecular flexibility index (Phi) is 5.05. The molecule has 0 bridgehead atoms. The van der Waals surface area contributed by atoms with Gasteiger partial charge in [0.05, 0.1) is 7.11 Å². The van der Waals surface area contributed by atoms with Crippen LogP contribution in [-0.2, 0) is 12.1 Å². The van der Waals surface area contributed by atoms with Gasteiger partial charge in [-0.05, 0) is 54.8 Å². The molecule has 3 nitrogen and oxygen atoms in total. The van der Waals surface area contributed by atoms with Crippen LogP contribution in [0.2, 0.25) is 0 Å². The number of halogens is 1. The van der Waals surface area contributed by atoms with Gasteiger partial charge >= 0.3 is 0 Å². The monoisotopic (exact) mass is 375 g/mol. The summed E-state index contributed by atoms with van der Waals surface area (Å²) in [5.74, 6) is 0.792. The lowest BCUT2D eigenvalue weighted by Crippen LogP contribution is -2.45. The van der Waals surface area contributed by atoms with Gasteiger partial charge in [0.25, 0.3) is 0 Å². The van der Waals surface area contributed by atoms with Gasteiger partial charge in [-0.2, -0.15) is 0 Å². The summed E-state index contributed by atoms with van der Waals surface area (Å²) in [4.78, 5) is 2.32. The van der Waals surface area contributed by atoms with Crippen molar-refractivity contribution in [3.8, 4) is 5.75 Å². The van der Waals surface area contributed by atoms with E-state index in [4.69, 9.17) is 4.74 Å². The minimum atomic E-state index is -0.807. The molecule has 0 aliphatic carbocycles. The van der Waals surface area contributed by atoms with E-state index in [1.807, 2.05) is 30.3 Å². The summed E-state index contributed by atoms with van der Waals surface area (Å²) in [6.45, 7) is 2.51. The molecular formula is C19H22BrNO2. The van der Waals surface area contributed by atoms with E-state index >= 15 is 0 Å². The maximum atomic E-state index is 11.2. The van der Waals surface area contributed by atoms with E-state index in [0.29, 0.717) is 6.54 Å². The molecule has 1 aliphatic rings. The average molecular weight is 376 g/mol. The van der Waals surface area contributed by atoms with Crippen molar-refractivity contribution >= 4 is 15.9 Å². The van der Waals surface area contributed by atoms with Crippen molar-refractivity contribution < 1.29 is 9.84 Å². The zero-order valence-electron chi connectivity index (χ0n) is 13.3. The molecule has 122 valence electrons. The van der Waals surface area contributed by atoms with Crippen LogP contribution in [0.4, 0.5) is 0 Å². The fourth-order valence-corrected chi connectivity index (χ4v) is 3.75. The van der Waals surface area contributed by atoms with Gasteiger partial charge in [-0.1, -0.05) is 40.2 Å². The van der Waals surface area contributed by atoms with Crippen molar-refractivity contribution in [2.24, 2.45) is 0 Å². The Bertz CT molecular complexity index is 676. The molecule has 0 spiro atoms. The second-order valence-corrected chi connectivity index (χ2v) is 7.12. The van der Waals surface area contributed by atoms with Gasteiger partial charge in [0.2, 0.25) is 0 Å². The summed E-state index contributed by atoms with van der Waals surface area (Å²) in [7, 11) is 1.66. The summed E-state index contributed by atoms with van der Waals surface area (Å²) < 4.78 is 6.39. The highest BCUT2D eigenvalue weighted by molar-refractivity contribution is 9.10. The minimum Gasteiger partial charge on any atom is -0.497 e. The first-order valence-electron chi connectivity index (χ1n) is 7.93. The van der Waals surface area contributed by atoms with Crippen LogP contribution >= 0.6 is 15.9 Å². The molecule has 0 aromatic heterocycles. The van der Waals surface area contributed by atoms with Gasteiger partial charge in [-0.25, -0.2) is 0 Å². The predicted octanol–water partition coefficient (Wildman–Crippen LogP) is 3.94. The summed E-state index contributed by atoms with van der Waals surface area (Å²) in [5.41, 5.74) is 1.39. The standard InChI is InChI=1S/C19H22BrNO2/c1-23-18-8-3-6-16(12-18)19(22)9-4-10-21(14-19)13-15-5-2-7-17(20)11-15/h2-3,5-8,11-12,22H,4,9-10,13-14H2,1H3. The highest BCUT2D eigenvalue weighted by atomic mass is 79.9. The fraction of sp³-hybridized carbons (Fsp3) is 0.368. The van der Waals surface area contributed by atoms with Crippen molar-refractivity contribution in [3.05, 3.63) is 64.1 Å². The average Bonchev–Trinajstić information content (AvgIpc) is 2.55. The first-order chi connectivity index (χ1) is 11.1. The molecule has 1 unspecified atom stereocenters. The van der Waals surface area contributed by atoms with E-state index in [1.165, 1.54) is 5.56 Å². The lowest BCUT2D eigenvalue weighted by atomic mass is 9.85. The molecule has 1 heterocycles. The van der Waals surface area contributed by atoms with Crippen LogP contribution in [0.25, 0.3) is 0 Å². The number of nitrogens with zero attached hydrogens (tertiary/aromatic N) is 1. The van der Waals surface area contributed by atoms with E-state index in [1.54, 1.807) is 7.11 Å². The maximum absolute atomic E-state index is 11.2. The van der Waals surface area contributed by atoms with E-state index in [2.05, 4.69) is 39.0 Å². The third-order valence-electron chi connectivity index (χ3n) is 4.45. The van der Waals surface area contributed by atoms with E-state index in [9.17, 15) is 5.11 Å². The molecule has 1 N–H and O–H groups in total. The first kappa shape index (κ1) is 16.5. The number of benzene rings is 2. The molecule has 0 radical (unpaired) electrons. The molecule has 23 heavy (non-hydrogen) atoms. The molecule has 1 atom stereocenters. The lowest BCUT2D eigenvalue weighted by Gasteiger charge is -2.39. The van der Waals surface area contributed by atoms with Gasteiger partial charge < -0.3 is 9.84 Å². The highest BCUT2D eigenvalue weighted by Crippen LogP contribution is 2.33. The number of methoxy groups -OCH3 is 1. The Morgan fingerprint density at radius 1 is 1.22 bits per heavy atom. The molecule has 2 aromatic rings. The van der Waals surface area contributed by atoms with Gasteiger partial charge in [0.1, 0.15) is 11.4 Å². The topological polar surface area (TPSA) is 32.7 Å². The van der Waals surface area contributed by atoms with Crippen LogP contribution in [0, 0.1) is 0 Å². The number of likely N-dealkylation sites (tertiary alicyclic amines) is 1. The molecule has 0 amide bonds. The lowest BCUT2D eigenvalue weighted by molar-refractivity contribution is -0.0382. The Morgan fingerprint density at radius 2 is 2.04 bits per heavy atom. The third kappa shape index (κ3) is 3.94. The van der Waals surface area contributed by atoms with Crippen molar-refractivity contribution in [3.63, 3.8) is 0 Å². The summed E-state index contributed by atoms with van der Waals surface area (Å²) in [6, 6.07) is 16.1. The molecule has 3 rings (SSSR count). The van der Waals surface area contributed by atoms with E-state index < -0.39 is 5.60 Å². The zero-order chi connectivity index (χ0) is 16.3. The van der Waals surface area contributed by atoms with Crippen molar-refractivity contribution in [2.45, 2.75) is 25.0 Å². The molecule has 1 fully saturated rings. The first-order valence-corrected chi connectivity index (χ1v) is 8.72. The Hall–Kier alpha value is -1.36. The normalized spacial score (nSPS) is 22.0. The van der Waals surface area contributed by atoms with Crippen LogP contribution in [0.15, 0.2) is 53.0 Å². The van der Waals surface area contributed by atoms with Crippen LogP contribution < -0.4 is 4.74 Å². The second-order valence-electron chi connectivity index (χ2n) is 6.21. The number of rotatable bonds is 4. The SMILES string of the molecule is COc1cccc(C2(O)CCCN(Cc3cccc(Br)c3)C2)c1. The van der Waals surface area contributed by atoms with E-state index in [0.717, 1.165) is 41.7 Å². The summed E-state index contributed by atoms with van der Waals surface area (Å²) >= 11 is 3.52. The number of aliphatic hydroxyl groups is 1. The Labute approximate surface area is 146 Å². The largest absolute Gasteiger partial charge is 0.497 e. The van der Waals surface area contributed by atoms with Gasteiger partial charge in [0.15, 0.2) is 0 Å². The van der Waals surface area contributed by atoms with Gasteiger partial charge in [-0.3, -0.25) is 4.90 Å². The second kappa shape index (κ2) is 7.04. The molecular weight excluding hydrogens is 354 g/mol. The molecule has 2 aromatic carbocycles. The summed E-state index contributed by atoms with van der Waals surface area (Å²) in [6.07, 6.45) is 1.77. The Morgan fingerprint density at radius 3 is 2.83 bits per heavy atom. The van der Waals surface area contributed by atoms with Crippen molar-refractivity contribution in [1.82, 2.24) is 4.90 Å². The number of β-amino-alcohol motifs (C(OH)–C–C–N with tert-alkyl or cyclic N) is 1. The molecule has 1 aliphatic heterocycles. The van der Waals surface area contributed by atoms with Crippen molar-refractivity contribution in [2.75, 3.05) is 20.2 Å². The van der Waals surface area contributed by atoms with Crippen LogP contribution in [0.1, 0.15) is 24.0 Å². The predicted molar refractivity (Wildman–Crippen MR) is 95.5 cm³/mol. The molecule has 4 heteroatoms. The molecule has 1 saturated heterocycles. The smallest absolute Gasteiger partial charge is 0.119 e. The van der Waals surface area contributed by atoms with Crippen LogP contribution in [0.3, 0.4) is 0 Å². The maximum Gasteiger partial charge on any atom is 0.119 e. The van der Waals surface area contributed by atoms with Crippen LogP contribution in [0.5, 0.6) is 5.75 Å². The van der Waals surface area contributed by atoms with Crippen molar-refractivity contribution in [1.29, 1.82) is 0 Å². The third-order valence-corrected chi connectivity index (χ3v) is 4.95. The fourth-order valence-electron chi connectivity index (χ4n) is 3.30. The number of hydrogen-bond donors (Lipinski definition) is 1. The number of hydrogen-bond acceptors (Lipinski definition) is 3. The minimum absolute atomic E-state index is 0.646. The van der Waals surface area contributed by atoms with Gasteiger partial charge in [-0.15, -0.1) is 0 Å².